The molecular weight excluding hydrogens is 409 g/mol. The third-order valence-electron chi connectivity index (χ3n) is 5.05. The SMILES string of the molecule is O=C(COc1cccc(C(F)(F)F)c1)Nc1cccc(-c2nnc3n2CCCCC3)c1. The largest absolute Gasteiger partial charge is 0.484 e. The van der Waals surface area contributed by atoms with Crippen LogP contribution in [0.25, 0.3) is 11.4 Å². The lowest BCUT2D eigenvalue weighted by Crippen LogP contribution is -2.20. The molecule has 31 heavy (non-hydrogen) atoms. The van der Waals surface area contributed by atoms with Crippen LogP contribution in [-0.4, -0.2) is 27.3 Å². The minimum absolute atomic E-state index is 0.0233. The molecule has 0 spiro atoms. The average Bonchev–Trinajstić information content (AvgIpc) is 3.00. The van der Waals surface area contributed by atoms with E-state index in [0.29, 0.717) is 5.69 Å². The average molecular weight is 430 g/mol. The van der Waals surface area contributed by atoms with Gasteiger partial charge in [-0.1, -0.05) is 24.6 Å². The molecule has 1 amide bonds. The maximum atomic E-state index is 12.8. The quantitative estimate of drug-likeness (QED) is 0.637. The van der Waals surface area contributed by atoms with Crippen LogP contribution in [0.4, 0.5) is 18.9 Å². The number of fused-ring (bicyclic) bond motifs is 1. The van der Waals surface area contributed by atoms with Crippen LogP contribution in [0.5, 0.6) is 5.75 Å². The van der Waals surface area contributed by atoms with E-state index in [0.717, 1.165) is 61.6 Å². The van der Waals surface area contributed by atoms with Gasteiger partial charge in [0.05, 0.1) is 5.56 Å². The number of ether oxygens (including phenoxy) is 1. The smallest absolute Gasteiger partial charge is 0.416 e. The van der Waals surface area contributed by atoms with Crippen LogP contribution in [0.3, 0.4) is 0 Å². The fourth-order valence-corrected chi connectivity index (χ4v) is 3.54. The number of hydrogen-bond acceptors (Lipinski definition) is 4. The van der Waals surface area contributed by atoms with Crippen molar-refractivity contribution in [1.82, 2.24) is 14.8 Å². The highest BCUT2D eigenvalue weighted by Crippen LogP contribution is 2.31. The molecule has 0 aliphatic carbocycles. The fraction of sp³-hybridized carbons (Fsp3) is 0.318. The number of halogens is 3. The molecule has 9 heteroatoms. The second-order valence-corrected chi connectivity index (χ2v) is 7.35. The number of hydrogen-bond donors (Lipinski definition) is 1. The summed E-state index contributed by atoms with van der Waals surface area (Å²) in [7, 11) is 0. The monoisotopic (exact) mass is 430 g/mol. The van der Waals surface area contributed by atoms with Crippen molar-refractivity contribution in [1.29, 1.82) is 0 Å². The summed E-state index contributed by atoms with van der Waals surface area (Å²) >= 11 is 0. The first-order valence-corrected chi connectivity index (χ1v) is 10.0. The number of nitrogens with zero attached hydrogens (tertiary/aromatic N) is 3. The van der Waals surface area contributed by atoms with E-state index in [9.17, 15) is 18.0 Å². The molecule has 2 aromatic carbocycles. The van der Waals surface area contributed by atoms with Gasteiger partial charge in [0.1, 0.15) is 11.6 Å². The van der Waals surface area contributed by atoms with Crippen molar-refractivity contribution in [3.05, 3.63) is 59.9 Å². The van der Waals surface area contributed by atoms with Crippen molar-refractivity contribution in [3.8, 4) is 17.1 Å². The Hall–Kier alpha value is -3.36. The Morgan fingerprint density at radius 2 is 1.90 bits per heavy atom. The normalized spacial score (nSPS) is 13.9. The van der Waals surface area contributed by atoms with Crippen molar-refractivity contribution in [2.75, 3.05) is 11.9 Å². The summed E-state index contributed by atoms with van der Waals surface area (Å²) in [6.45, 7) is 0.449. The minimum Gasteiger partial charge on any atom is -0.484 e. The van der Waals surface area contributed by atoms with E-state index in [-0.39, 0.29) is 5.75 Å². The van der Waals surface area contributed by atoms with Crippen LogP contribution in [0.2, 0.25) is 0 Å². The first-order chi connectivity index (χ1) is 14.9. The molecule has 0 unspecified atom stereocenters. The Kier molecular flexibility index (Phi) is 5.92. The number of aryl methyl sites for hydroxylation is 1. The van der Waals surface area contributed by atoms with E-state index in [1.165, 1.54) is 12.1 Å². The van der Waals surface area contributed by atoms with Crippen molar-refractivity contribution < 1.29 is 22.7 Å². The Morgan fingerprint density at radius 1 is 1.06 bits per heavy atom. The highest BCUT2D eigenvalue weighted by atomic mass is 19.4. The number of alkyl halides is 3. The lowest BCUT2D eigenvalue weighted by atomic mass is 10.2. The summed E-state index contributed by atoms with van der Waals surface area (Å²) in [4.78, 5) is 12.3. The molecule has 6 nitrogen and oxygen atoms in total. The van der Waals surface area contributed by atoms with E-state index in [1.54, 1.807) is 18.2 Å². The van der Waals surface area contributed by atoms with Crippen LogP contribution in [0.1, 0.15) is 30.7 Å². The topological polar surface area (TPSA) is 69.0 Å². The van der Waals surface area contributed by atoms with Gasteiger partial charge in [0.15, 0.2) is 12.4 Å². The van der Waals surface area contributed by atoms with E-state index in [4.69, 9.17) is 4.74 Å². The van der Waals surface area contributed by atoms with Gasteiger partial charge >= 0.3 is 6.18 Å². The summed E-state index contributed by atoms with van der Waals surface area (Å²) in [6.07, 6.45) is -0.246. The highest BCUT2D eigenvalue weighted by molar-refractivity contribution is 5.92. The first kappa shape index (κ1) is 20.9. The van der Waals surface area contributed by atoms with Crippen molar-refractivity contribution in [3.63, 3.8) is 0 Å². The third kappa shape index (κ3) is 5.04. The molecule has 162 valence electrons. The molecule has 0 atom stereocenters. The van der Waals surface area contributed by atoms with Crippen LogP contribution in [0, 0.1) is 0 Å². The van der Waals surface area contributed by atoms with Gasteiger partial charge < -0.3 is 14.6 Å². The van der Waals surface area contributed by atoms with Crippen molar-refractivity contribution >= 4 is 11.6 Å². The lowest BCUT2D eigenvalue weighted by molar-refractivity contribution is -0.137. The number of benzene rings is 2. The summed E-state index contributed by atoms with van der Waals surface area (Å²) in [6, 6.07) is 11.7. The molecule has 3 aromatic rings. The van der Waals surface area contributed by atoms with E-state index < -0.39 is 24.3 Å². The minimum atomic E-state index is -4.47. The molecule has 1 N–H and O–H groups in total. The fourth-order valence-electron chi connectivity index (χ4n) is 3.54. The van der Waals surface area contributed by atoms with Crippen molar-refractivity contribution in [2.45, 2.75) is 38.4 Å². The number of nitrogens with one attached hydrogen (secondary N) is 1. The van der Waals surface area contributed by atoms with Gasteiger partial charge in [-0.15, -0.1) is 10.2 Å². The van der Waals surface area contributed by atoms with E-state index >= 15 is 0 Å². The molecule has 0 saturated heterocycles. The Labute approximate surface area is 177 Å². The number of aromatic nitrogens is 3. The van der Waals surface area contributed by atoms with Gasteiger partial charge in [-0.2, -0.15) is 13.2 Å². The van der Waals surface area contributed by atoms with E-state index in [1.807, 2.05) is 6.07 Å². The summed E-state index contributed by atoms with van der Waals surface area (Å²) in [5.74, 6) is 1.23. The van der Waals surface area contributed by atoms with Crippen LogP contribution in [-0.2, 0) is 23.9 Å². The van der Waals surface area contributed by atoms with Gasteiger partial charge in [0.25, 0.3) is 5.91 Å². The zero-order valence-electron chi connectivity index (χ0n) is 16.7. The van der Waals surface area contributed by atoms with Crippen LogP contribution < -0.4 is 10.1 Å². The molecule has 0 radical (unpaired) electrons. The number of anilines is 1. The summed E-state index contributed by atoms with van der Waals surface area (Å²) < 4.78 is 45.7. The second-order valence-electron chi connectivity index (χ2n) is 7.35. The van der Waals surface area contributed by atoms with Gasteiger partial charge in [-0.25, -0.2) is 0 Å². The molecule has 0 saturated carbocycles. The molecule has 0 bridgehead atoms. The van der Waals surface area contributed by atoms with Crippen LogP contribution in [0.15, 0.2) is 48.5 Å². The number of carbonyl (C=O) groups excluding carboxylic acids is 1. The molecule has 4 rings (SSSR count). The highest BCUT2D eigenvalue weighted by Gasteiger charge is 2.30. The standard InChI is InChI=1S/C22H21F3N4O2/c23-22(24,25)16-7-5-9-18(13-16)31-14-20(30)26-17-8-4-6-15(12-17)21-28-27-19-10-2-1-3-11-29(19)21/h4-9,12-13H,1-3,10-11,14H2,(H,26,30). The summed E-state index contributed by atoms with van der Waals surface area (Å²) in [5.41, 5.74) is 0.545. The zero-order valence-corrected chi connectivity index (χ0v) is 16.7. The molecule has 0 fully saturated rings. The number of amides is 1. The Balaban J connectivity index is 1.42. The maximum absolute atomic E-state index is 12.8. The Bertz CT molecular complexity index is 1080. The van der Waals surface area contributed by atoms with Gasteiger partial charge in [-0.3, -0.25) is 4.79 Å². The van der Waals surface area contributed by atoms with Gasteiger partial charge in [-0.05, 0) is 43.2 Å². The predicted octanol–water partition coefficient (Wildman–Crippen LogP) is 4.71. The summed E-state index contributed by atoms with van der Waals surface area (Å²) in [5, 5.41) is 11.3. The molecule has 1 aliphatic rings. The van der Waals surface area contributed by atoms with Crippen LogP contribution >= 0.6 is 0 Å². The number of rotatable bonds is 5. The molecule has 1 aromatic heterocycles. The molecule has 2 heterocycles. The van der Waals surface area contributed by atoms with Gasteiger partial charge in [0, 0.05) is 24.2 Å². The number of carbonyl (C=O) groups is 1. The molecule has 1 aliphatic heterocycles. The second kappa shape index (κ2) is 8.79. The maximum Gasteiger partial charge on any atom is 0.416 e. The molecular formula is C22H21F3N4O2. The lowest BCUT2D eigenvalue weighted by Gasteiger charge is -2.11. The van der Waals surface area contributed by atoms with E-state index in [2.05, 4.69) is 20.1 Å². The zero-order chi connectivity index (χ0) is 21.8. The van der Waals surface area contributed by atoms with Crippen molar-refractivity contribution in [2.24, 2.45) is 0 Å². The Morgan fingerprint density at radius 3 is 2.74 bits per heavy atom. The predicted molar refractivity (Wildman–Crippen MR) is 109 cm³/mol. The first-order valence-electron chi connectivity index (χ1n) is 10.0. The van der Waals surface area contributed by atoms with Gasteiger partial charge in [0.2, 0.25) is 0 Å². The third-order valence-corrected chi connectivity index (χ3v) is 5.05.